The Morgan fingerprint density at radius 2 is 1.92 bits per heavy atom. The molecule has 1 N–H and O–H groups in total. The van der Waals surface area contributed by atoms with Crippen LogP contribution in [-0.2, 0) is 15.3 Å². The lowest BCUT2D eigenvalue weighted by atomic mass is 9.96. The first-order chi connectivity index (χ1) is 17.5. The topological polar surface area (TPSA) is 78.3 Å². The summed E-state index contributed by atoms with van der Waals surface area (Å²) in [6.45, 7) is 6.81. The van der Waals surface area contributed by atoms with Gasteiger partial charge in [0.25, 0.3) is 0 Å². The number of benzene rings is 2. The van der Waals surface area contributed by atoms with E-state index in [-0.39, 0.29) is 12.6 Å². The number of unbranched alkanes of at least 4 members (excludes halogenated alkanes) is 2. The number of allylic oxidation sites excluding steroid dienone is 1. The van der Waals surface area contributed by atoms with Crippen molar-refractivity contribution in [2.75, 3.05) is 18.5 Å². The summed E-state index contributed by atoms with van der Waals surface area (Å²) >= 11 is 7.81. The van der Waals surface area contributed by atoms with E-state index in [0.29, 0.717) is 39.8 Å². The van der Waals surface area contributed by atoms with E-state index in [1.165, 1.54) is 11.8 Å². The summed E-state index contributed by atoms with van der Waals surface area (Å²) in [6, 6.07) is 15.1. The smallest absolute Gasteiger partial charge is 0.338 e. The van der Waals surface area contributed by atoms with Crippen molar-refractivity contribution in [3.63, 3.8) is 0 Å². The number of carbonyl (C=O) groups excluding carboxylic acids is 1. The number of nitrogens with zero attached hydrogens (tertiary/aromatic N) is 3. The zero-order chi connectivity index (χ0) is 25.5. The van der Waals surface area contributed by atoms with E-state index in [0.717, 1.165) is 36.1 Å². The normalized spacial score (nSPS) is 14.8. The first-order valence-corrected chi connectivity index (χ1v) is 13.6. The van der Waals surface area contributed by atoms with Crippen LogP contribution < -0.4 is 10.1 Å². The summed E-state index contributed by atoms with van der Waals surface area (Å²) in [5.74, 6) is 1.64. The number of hydrogen-bond acceptors (Lipinski definition) is 7. The standard InChI is InChI=1S/C27H31ClN4O3S/c1-4-6-9-16-35-21-14-12-19(13-15-21)24-23(25(33)34-5-2)18(3)29-26-30-27(31-32(24)26)36-17-20-10-7-8-11-22(20)28/h7-8,10-15,24H,4-6,9,16-17H2,1-3H3,(H,29,30,31). The molecule has 0 aliphatic carbocycles. The molecule has 0 fully saturated rings. The van der Waals surface area contributed by atoms with Gasteiger partial charge in [0.15, 0.2) is 0 Å². The molecule has 2 aromatic carbocycles. The fourth-order valence-electron chi connectivity index (χ4n) is 4.02. The Kier molecular flexibility index (Phi) is 8.93. The molecule has 0 spiro atoms. The molecule has 0 saturated carbocycles. The second kappa shape index (κ2) is 12.3. The van der Waals surface area contributed by atoms with Gasteiger partial charge in [-0.3, -0.25) is 0 Å². The van der Waals surface area contributed by atoms with Gasteiger partial charge >= 0.3 is 5.97 Å². The first kappa shape index (κ1) is 26.1. The highest BCUT2D eigenvalue weighted by Gasteiger charge is 2.35. The van der Waals surface area contributed by atoms with E-state index in [4.69, 9.17) is 26.2 Å². The van der Waals surface area contributed by atoms with Crippen molar-refractivity contribution in [3.8, 4) is 5.75 Å². The maximum atomic E-state index is 13.0. The predicted octanol–water partition coefficient (Wildman–Crippen LogP) is 6.64. The molecular formula is C27H31ClN4O3S. The van der Waals surface area contributed by atoms with Crippen LogP contribution >= 0.6 is 23.4 Å². The highest BCUT2D eigenvalue weighted by Crippen LogP contribution is 2.37. The monoisotopic (exact) mass is 526 g/mol. The Bertz CT molecular complexity index is 1230. The summed E-state index contributed by atoms with van der Waals surface area (Å²) in [4.78, 5) is 17.7. The zero-order valence-corrected chi connectivity index (χ0v) is 22.4. The molecule has 1 unspecified atom stereocenters. The van der Waals surface area contributed by atoms with Gasteiger partial charge in [0, 0.05) is 16.5 Å². The van der Waals surface area contributed by atoms with E-state index >= 15 is 0 Å². The molecule has 0 radical (unpaired) electrons. The molecule has 3 aromatic rings. The molecule has 190 valence electrons. The molecule has 7 nitrogen and oxygen atoms in total. The number of halogens is 1. The maximum Gasteiger partial charge on any atom is 0.338 e. The largest absolute Gasteiger partial charge is 0.494 e. The lowest BCUT2D eigenvalue weighted by Gasteiger charge is -2.28. The maximum absolute atomic E-state index is 13.0. The van der Waals surface area contributed by atoms with Gasteiger partial charge in [-0.25, -0.2) is 9.48 Å². The van der Waals surface area contributed by atoms with E-state index in [9.17, 15) is 4.79 Å². The number of aromatic nitrogens is 3. The molecule has 2 heterocycles. The van der Waals surface area contributed by atoms with Crippen LogP contribution in [0.25, 0.3) is 0 Å². The Labute approximate surface area is 221 Å². The highest BCUT2D eigenvalue weighted by molar-refractivity contribution is 7.98. The van der Waals surface area contributed by atoms with E-state index in [2.05, 4.69) is 17.2 Å². The second-order valence-electron chi connectivity index (χ2n) is 8.45. The molecule has 4 rings (SSSR count). The van der Waals surface area contributed by atoms with Crippen LogP contribution in [-0.4, -0.2) is 33.9 Å². The van der Waals surface area contributed by atoms with Crippen molar-refractivity contribution < 1.29 is 14.3 Å². The molecule has 0 saturated heterocycles. The van der Waals surface area contributed by atoms with Crippen LogP contribution in [0.4, 0.5) is 5.95 Å². The molecule has 1 atom stereocenters. The Morgan fingerprint density at radius 3 is 2.64 bits per heavy atom. The van der Waals surface area contributed by atoms with Gasteiger partial charge in [-0.2, -0.15) is 4.98 Å². The SMILES string of the molecule is CCCCCOc1ccc(C2C(C(=O)OCC)=C(C)Nc3nc(SCc4ccccc4Cl)nn32)cc1. The minimum absolute atomic E-state index is 0.288. The first-order valence-electron chi connectivity index (χ1n) is 12.2. The zero-order valence-electron chi connectivity index (χ0n) is 20.8. The Balaban J connectivity index is 1.61. The van der Waals surface area contributed by atoms with Gasteiger partial charge in [0.1, 0.15) is 11.8 Å². The summed E-state index contributed by atoms with van der Waals surface area (Å²) < 4.78 is 13.0. The lowest BCUT2D eigenvalue weighted by molar-refractivity contribution is -0.139. The fraction of sp³-hybridized carbons (Fsp3) is 0.370. The molecule has 1 aliphatic rings. The van der Waals surface area contributed by atoms with Gasteiger partial charge in [-0.1, -0.05) is 73.5 Å². The van der Waals surface area contributed by atoms with Gasteiger partial charge in [-0.15, -0.1) is 5.10 Å². The summed E-state index contributed by atoms with van der Waals surface area (Å²) in [5, 5.41) is 9.30. The van der Waals surface area contributed by atoms with Crippen molar-refractivity contribution >= 4 is 35.3 Å². The Morgan fingerprint density at radius 1 is 1.14 bits per heavy atom. The number of thioether (sulfide) groups is 1. The van der Waals surface area contributed by atoms with Gasteiger partial charge in [0.2, 0.25) is 11.1 Å². The van der Waals surface area contributed by atoms with Gasteiger partial charge in [-0.05, 0) is 49.6 Å². The number of nitrogens with one attached hydrogen (secondary N) is 1. The molecule has 0 amide bonds. The third-order valence-corrected chi connectivity index (χ3v) is 7.11. The van der Waals surface area contributed by atoms with E-state index < -0.39 is 6.04 Å². The number of ether oxygens (including phenoxy) is 2. The van der Waals surface area contributed by atoms with Crippen molar-refractivity contribution in [1.82, 2.24) is 14.8 Å². The van der Waals surface area contributed by atoms with Crippen LogP contribution in [0.5, 0.6) is 5.75 Å². The summed E-state index contributed by atoms with van der Waals surface area (Å²) in [5.41, 5.74) is 3.11. The molecule has 0 bridgehead atoms. The average molecular weight is 527 g/mol. The minimum atomic E-state index is -0.475. The average Bonchev–Trinajstić information content (AvgIpc) is 3.28. The van der Waals surface area contributed by atoms with Crippen molar-refractivity contribution in [2.45, 2.75) is 57.0 Å². The fourth-order valence-corrected chi connectivity index (χ4v) is 5.13. The minimum Gasteiger partial charge on any atom is -0.494 e. The highest BCUT2D eigenvalue weighted by atomic mass is 35.5. The van der Waals surface area contributed by atoms with Crippen LogP contribution in [0.3, 0.4) is 0 Å². The third-order valence-electron chi connectivity index (χ3n) is 5.86. The molecule has 36 heavy (non-hydrogen) atoms. The van der Waals surface area contributed by atoms with E-state index in [1.807, 2.05) is 55.5 Å². The van der Waals surface area contributed by atoms with Gasteiger partial charge < -0.3 is 14.8 Å². The third kappa shape index (κ3) is 6.05. The van der Waals surface area contributed by atoms with Crippen LogP contribution in [0.1, 0.15) is 57.2 Å². The summed E-state index contributed by atoms with van der Waals surface area (Å²) in [6.07, 6.45) is 3.32. The lowest BCUT2D eigenvalue weighted by Crippen LogP contribution is -2.29. The second-order valence-corrected chi connectivity index (χ2v) is 9.80. The number of carbonyl (C=O) groups is 1. The molecule has 1 aromatic heterocycles. The summed E-state index contributed by atoms with van der Waals surface area (Å²) in [7, 11) is 0. The van der Waals surface area contributed by atoms with Crippen LogP contribution in [0.2, 0.25) is 5.02 Å². The Hall–Kier alpha value is -2.97. The number of fused-ring (bicyclic) bond motifs is 1. The van der Waals surface area contributed by atoms with E-state index in [1.54, 1.807) is 11.6 Å². The van der Waals surface area contributed by atoms with Crippen molar-refractivity contribution in [1.29, 1.82) is 0 Å². The quantitative estimate of drug-likeness (QED) is 0.170. The molecular weight excluding hydrogens is 496 g/mol. The van der Waals surface area contributed by atoms with Crippen molar-refractivity contribution in [3.05, 3.63) is 76.0 Å². The number of hydrogen-bond donors (Lipinski definition) is 1. The number of esters is 1. The number of anilines is 1. The number of rotatable bonds is 11. The molecule has 9 heteroatoms. The molecule has 1 aliphatic heterocycles. The van der Waals surface area contributed by atoms with Crippen molar-refractivity contribution in [2.24, 2.45) is 0 Å². The van der Waals surface area contributed by atoms with Crippen LogP contribution in [0, 0.1) is 0 Å². The predicted molar refractivity (Wildman–Crippen MR) is 144 cm³/mol. The van der Waals surface area contributed by atoms with Crippen LogP contribution in [0.15, 0.2) is 65.0 Å². The van der Waals surface area contributed by atoms with Gasteiger partial charge in [0.05, 0.1) is 18.8 Å².